The first kappa shape index (κ1) is 32.1. The van der Waals surface area contributed by atoms with Crippen molar-refractivity contribution < 1.29 is 28.6 Å². The Kier molecular flexibility index (Phi) is 10.2. The maximum Gasteiger partial charge on any atom is 0.415 e. The highest BCUT2D eigenvalue weighted by molar-refractivity contribution is 7.98. The van der Waals surface area contributed by atoms with Crippen LogP contribution in [0.2, 0.25) is 0 Å². The highest BCUT2D eigenvalue weighted by atomic mass is 32.2. The molecular formula is C34H40N2O6S. The van der Waals surface area contributed by atoms with Crippen LogP contribution < -0.4 is 9.47 Å². The maximum atomic E-state index is 13.8. The zero-order valence-corrected chi connectivity index (χ0v) is 26.7. The van der Waals surface area contributed by atoms with Gasteiger partial charge in [-0.25, -0.2) is 9.59 Å². The lowest BCUT2D eigenvalue weighted by Gasteiger charge is -2.27. The molecule has 1 saturated heterocycles. The molecule has 1 aromatic heterocycles. The Balaban J connectivity index is 1.57. The number of carbonyl (C=O) groups is 3. The van der Waals surface area contributed by atoms with Gasteiger partial charge in [0, 0.05) is 35.2 Å². The third-order valence-electron chi connectivity index (χ3n) is 7.64. The van der Waals surface area contributed by atoms with E-state index in [4.69, 9.17) is 14.2 Å². The molecule has 0 bridgehead atoms. The van der Waals surface area contributed by atoms with Crippen LogP contribution in [0.4, 0.5) is 4.79 Å². The van der Waals surface area contributed by atoms with Crippen LogP contribution in [0.3, 0.4) is 0 Å². The van der Waals surface area contributed by atoms with Crippen LogP contribution in [0.15, 0.2) is 59.6 Å². The number of hydrogen-bond acceptors (Lipinski definition) is 8. The summed E-state index contributed by atoms with van der Waals surface area (Å²) in [5.74, 6) is 0.0496. The van der Waals surface area contributed by atoms with Crippen molar-refractivity contribution in [3.63, 3.8) is 0 Å². The van der Waals surface area contributed by atoms with Crippen molar-refractivity contribution in [1.29, 1.82) is 0 Å². The molecule has 0 N–H and O–H groups in total. The number of pyridine rings is 1. The molecule has 1 aliphatic rings. The second-order valence-corrected chi connectivity index (χ2v) is 12.3. The van der Waals surface area contributed by atoms with Gasteiger partial charge in [-0.3, -0.25) is 9.78 Å². The lowest BCUT2D eigenvalue weighted by molar-refractivity contribution is -0.158. The lowest BCUT2D eigenvalue weighted by Crippen LogP contribution is -2.40. The number of esters is 1. The van der Waals surface area contributed by atoms with Gasteiger partial charge < -0.3 is 19.1 Å². The zero-order chi connectivity index (χ0) is 31.3. The quantitative estimate of drug-likeness (QED) is 0.145. The Labute approximate surface area is 258 Å². The largest absolute Gasteiger partial charge is 0.476 e. The number of rotatable bonds is 10. The molecule has 8 nitrogen and oxygen atoms in total. The molecular weight excluding hydrogens is 564 g/mol. The second-order valence-electron chi connectivity index (χ2n) is 11.5. The van der Waals surface area contributed by atoms with E-state index in [0.717, 1.165) is 27.3 Å². The monoisotopic (exact) mass is 604 g/mol. The minimum atomic E-state index is -1.14. The van der Waals surface area contributed by atoms with Crippen molar-refractivity contribution in [1.82, 2.24) is 9.88 Å². The van der Waals surface area contributed by atoms with Gasteiger partial charge >= 0.3 is 12.1 Å². The van der Waals surface area contributed by atoms with Gasteiger partial charge in [0.2, 0.25) is 0 Å². The minimum absolute atomic E-state index is 0.00883. The Morgan fingerprint density at radius 1 is 1.00 bits per heavy atom. The number of thioether (sulfide) groups is 1. The third-order valence-corrected chi connectivity index (χ3v) is 8.39. The second kappa shape index (κ2) is 13.6. The van der Waals surface area contributed by atoms with Gasteiger partial charge in [-0.05, 0) is 101 Å². The summed E-state index contributed by atoms with van der Waals surface area (Å²) >= 11 is 1.62. The van der Waals surface area contributed by atoms with Gasteiger partial charge in [-0.15, -0.1) is 11.8 Å². The Morgan fingerprint density at radius 3 is 2.26 bits per heavy atom. The summed E-state index contributed by atoms with van der Waals surface area (Å²) in [7, 11) is 0. The number of aromatic nitrogens is 1. The summed E-state index contributed by atoms with van der Waals surface area (Å²) in [6.07, 6.45) is 3.60. The predicted molar refractivity (Wildman–Crippen MR) is 167 cm³/mol. The highest BCUT2D eigenvalue weighted by Gasteiger charge is 2.41. The molecule has 9 heteroatoms. The Bertz CT molecular complexity index is 1450. The molecule has 3 aromatic rings. The molecule has 0 saturated carbocycles. The maximum absolute atomic E-state index is 13.8. The predicted octanol–water partition coefficient (Wildman–Crippen LogP) is 6.62. The molecule has 4 rings (SSSR count). The van der Waals surface area contributed by atoms with E-state index in [0.29, 0.717) is 30.0 Å². The summed E-state index contributed by atoms with van der Waals surface area (Å²) in [5.41, 5.74) is 3.09. The van der Waals surface area contributed by atoms with Gasteiger partial charge in [-0.2, -0.15) is 0 Å². The van der Waals surface area contributed by atoms with E-state index in [9.17, 15) is 14.4 Å². The van der Waals surface area contributed by atoms with Crippen LogP contribution in [-0.4, -0.2) is 59.3 Å². The van der Waals surface area contributed by atoms with Crippen molar-refractivity contribution >= 4 is 29.6 Å². The van der Waals surface area contributed by atoms with Crippen LogP contribution in [0.25, 0.3) is 0 Å². The normalized spacial score (nSPS) is 16.6. The van der Waals surface area contributed by atoms with Crippen LogP contribution >= 0.6 is 11.8 Å². The number of Topliss-reactive ketones (excluding diaryl/α,β-unsaturated/α-hetero) is 1. The van der Waals surface area contributed by atoms with Gasteiger partial charge in [0.15, 0.2) is 17.1 Å². The van der Waals surface area contributed by atoms with Gasteiger partial charge in [0.05, 0.1) is 12.8 Å². The standard InChI is InChI=1S/C34H40N2O6S/c1-8-40-32(38)34(5,6)42-31-21(2)15-24(16-22(31)3)17-26-19-36(33(39)41-27-12-9-23(4)35-18-27)20-29(26)30(37)25-10-13-28(43-7)14-11-25/h9-16,18,26,29H,8,17,19-20H2,1-7H3/t26-,29?/m0/s1. The number of hydrogen-bond donors (Lipinski definition) is 0. The van der Waals surface area contributed by atoms with Gasteiger partial charge in [0.25, 0.3) is 0 Å². The Hall–Kier alpha value is -3.85. The zero-order valence-electron chi connectivity index (χ0n) is 25.9. The molecule has 0 aliphatic carbocycles. The summed E-state index contributed by atoms with van der Waals surface area (Å²) in [5, 5.41) is 0. The molecule has 2 heterocycles. The number of likely N-dealkylation sites (tertiary alicyclic amines) is 1. The first-order valence-electron chi connectivity index (χ1n) is 14.5. The van der Waals surface area contributed by atoms with E-state index in [1.54, 1.807) is 49.6 Å². The third kappa shape index (κ3) is 7.76. The fourth-order valence-electron chi connectivity index (χ4n) is 5.40. The number of benzene rings is 2. The smallest absolute Gasteiger partial charge is 0.415 e. The molecule has 43 heavy (non-hydrogen) atoms. The van der Waals surface area contributed by atoms with E-state index in [-0.39, 0.29) is 24.9 Å². The molecule has 1 amide bonds. The highest BCUT2D eigenvalue weighted by Crippen LogP contribution is 2.34. The van der Waals surface area contributed by atoms with E-state index in [1.807, 2.05) is 63.4 Å². The lowest BCUT2D eigenvalue weighted by atomic mass is 9.84. The molecule has 0 spiro atoms. The summed E-state index contributed by atoms with van der Waals surface area (Å²) < 4.78 is 16.9. The average Bonchev–Trinajstić information content (AvgIpc) is 3.40. The summed E-state index contributed by atoms with van der Waals surface area (Å²) in [6.45, 7) is 11.8. The molecule has 228 valence electrons. The SMILES string of the molecule is CCOC(=O)C(C)(C)Oc1c(C)cc(C[C@H]2CN(C(=O)Oc3ccc(C)nc3)CC2C(=O)c2ccc(SC)cc2)cc1C. The Morgan fingerprint density at radius 2 is 1.67 bits per heavy atom. The van der Waals surface area contributed by atoms with Crippen LogP contribution in [0.5, 0.6) is 11.5 Å². The van der Waals surface area contributed by atoms with Crippen LogP contribution in [0.1, 0.15) is 53.5 Å². The van der Waals surface area contributed by atoms with E-state index < -0.39 is 23.6 Å². The topological polar surface area (TPSA) is 95.0 Å². The number of aryl methyl sites for hydroxylation is 3. The van der Waals surface area contributed by atoms with Crippen molar-refractivity contribution in [3.05, 3.63) is 82.7 Å². The number of ketones is 1. The average molecular weight is 605 g/mol. The first-order chi connectivity index (χ1) is 20.4. The van der Waals surface area contributed by atoms with Crippen molar-refractivity contribution in [2.75, 3.05) is 26.0 Å². The molecule has 2 atom stereocenters. The number of ether oxygens (including phenoxy) is 3. The molecule has 1 unspecified atom stereocenters. The number of carbonyl (C=O) groups excluding carboxylic acids is 3. The number of amides is 1. The van der Waals surface area contributed by atoms with E-state index >= 15 is 0 Å². The first-order valence-corrected chi connectivity index (χ1v) is 15.7. The van der Waals surface area contributed by atoms with E-state index in [2.05, 4.69) is 4.98 Å². The molecule has 1 fully saturated rings. The summed E-state index contributed by atoms with van der Waals surface area (Å²) in [4.78, 5) is 46.3. The van der Waals surface area contributed by atoms with E-state index in [1.165, 1.54) is 6.20 Å². The molecule has 1 aliphatic heterocycles. The van der Waals surface area contributed by atoms with Gasteiger partial charge in [0.1, 0.15) is 5.75 Å². The van der Waals surface area contributed by atoms with Crippen LogP contribution in [0, 0.1) is 32.6 Å². The van der Waals surface area contributed by atoms with Crippen LogP contribution in [-0.2, 0) is 16.0 Å². The van der Waals surface area contributed by atoms with Gasteiger partial charge in [-0.1, -0.05) is 24.3 Å². The fourth-order valence-corrected chi connectivity index (χ4v) is 5.81. The fraction of sp³-hybridized carbons (Fsp3) is 0.412. The van der Waals surface area contributed by atoms with Crippen molar-refractivity contribution in [3.8, 4) is 11.5 Å². The van der Waals surface area contributed by atoms with Crippen molar-refractivity contribution in [2.45, 2.75) is 58.5 Å². The van der Waals surface area contributed by atoms with Crippen molar-refractivity contribution in [2.24, 2.45) is 11.8 Å². The molecule has 2 aromatic carbocycles. The number of nitrogens with zero attached hydrogens (tertiary/aromatic N) is 2. The summed E-state index contributed by atoms with van der Waals surface area (Å²) in [6, 6.07) is 15.2. The molecule has 0 radical (unpaired) electrons. The minimum Gasteiger partial charge on any atom is -0.476 e.